The molecule has 4 atom stereocenters. The van der Waals surface area contributed by atoms with Gasteiger partial charge in [-0.15, -0.1) is 0 Å². The summed E-state index contributed by atoms with van der Waals surface area (Å²) in [6.07, 6.45) is 15.6. The van der Waals surface area contributed by atoms with E-state index in [0.717, 1.165) is 5.03 Å². The third-order valence-corrected chi connectivity index (χ3v) is 3.66. The number of allylic oxidation sites excluding steroid dienone is 8. The molecule has 0 saturated carbocycles. The average Bonchev–Trinajstić information content (AvgIpc) is 2.06. The largest absolute Gasteiger partial charge is 0.0891 e. The van der Waals surface area contributed by atoms with E-state index in [-0.39, 0.29) is 0 Å². The zero-order valence-corrected chi connectivity index (χ0v) is 7.98. The van der Waals surface area contributed by atoms with Crippen molar-refractivity contribution in [3.8, 4) is 0 Å². The van der Waals surface area contributed by atoms with Crippen LogP contribution in [0.1, 0.15) is 0 Å². The van der Waals surface area contributed by atoms with Crippen molar-refractivity contribution in [1.29, 1.82) is 0 Å². The minimum Gasteiger partial charge on any atom is -0.0891 e. The molecule has 3 aliphatic rings. The Bertz CT molecular complexity index is 346. The fourth-order valence-corrected chi connectivity index (χ4v) is 2.96. The molecule has 66 valence electrons. The fraction of sp³-hybridized carbons (Fsp3) is 0.333. The summed E-state index contributed by atoms with van der Waals surface area (Å²) in [6.45, 7) is 0. The summed E-state index contributed by atoms with van der Waals surface area (Å²) < 4.78 is 0. The lowest BCUT2D eigenvalue weighted by molar-refractivity contribution is 0.304. The molecule has 0 N–H and O–H groups in total. The first kappa shape index (κ1) is 7.64. The van der Waals surface area contributed by atoms with E-state index in [9.17, 15) is 0 Å². The maximum Gasteiger partial charge on any atom is 0.0190 e. The molecule has 0 nitrogen and oxygen atoms in total. The van der Waals surface area contributed by atoms with Gasteiger partial charge in [0.15, 0.2) is 0 Å². The van der Waals surface area contributed by atoms with E-state index >= 15 is 0 Å². The molecule has 0 aromatic heterocycles. The van der Waals surface area contributed by atoms with Crippen LogP contribution in [-0.2, 0) is 0 Å². The van der Waals surface area contributed by atoms with Crippen LogP contribution in [0.2, 0.25) is 0 Å². The summed E-state index contributed by atoms with van der Waals surface area (Å²) in [7, 11) is 0. The summed E-state index contributed by atoms with van der Waals surface area (Å²) in [4.78, 5) is 0. The molecule has 2 bridgehead atoms. The Hall–Kier alpha value is -0.750. The molecule has 3 aliphatic carbocycles. The molecule has 0 saturated heterocycles. The molecule has 0 aliphatic heterocycles. The number of halogens is 1. The molecule has 0 fully saturated rings. The first-order valence-electron chi connectivity index (χ1n) is 4.77. The highest BCUT2D eigenvalue weighted by Gasteiger charge is 2.41. The van der Waals surface area contributed by atoms with Gasteiger partial charge < -0.3 is 0 Å². The van der Waals surface area contributed by atoms with Crippen molar-refractivity contribution in [2.75, 3.05) is 0 Å². The second-order valence-electron chi connectivity index (χ2n) is 3.96. The van der Waals surface area contributed by atoms with Crippen molar-refractivity contribution >= 4 is 11.6 Å². The Balaban J connectivity index is 2.08. The van der Waals surface area contributed by atoms with E-state index in [1.807, 2.05) is 0 Å². The quantitative estimate of drug-likeness (QED) is 0.515. The van der Waals surface area contributed by atoms with Gasteiger partial charge in [0.25, 0.3) is 0 Å². The Labute approximate surface area is 83.3 Å². The summed E-state index contributed by atoms with van der Waals surface area (Å²) in [5, 5.41) is 1.06. The van der Waals surface area contributed by atoms with Crippen molar-refractivity contribution in [3.05, 3.63) is 47.6 Å². The van der Waals surface area contributed by atoms with Gasteiger partial charge >= 0.3 is 0 Å². The molecular weight excluding hydrogens is 180 g/mol. The Kier molecular flexibility index (Phi) is 1.54. The molecule has 0 heterocycles. The maximum atomic E-state index is 6.11. The van der Waals surface area contributed by atoms with Crippen LogP contribution in [-0.4, -0.2) is 0 Å². The van der Waals surface area contributed by atoms with E-state index in [1.54, 1.807) is 0 Å². The third-order valence-electron chi connectivity index (χ3n) is 3.28. The van der Waals surface area contributed by atoms with E-state index in [2.05, 4.69) is 42.5 Å². The molecule has 0 unspecified atom stereocenters. The SMILES string of the molecule is ClC1=C[C@H]2[C@H]1[C@H]1C=C/C=C/[C@@H]2C=C1. The van der Waals surface area contributed by atoms with Crippen molar-refractivity contribution in [2.45, 2.75) is 0 Å². The smallest absolute Gasteiger partial charge is 0.0190 e. The van der Waals surface area contributed by atoms with Crippen LogP contribution in [0.4, 0.5) is 0 Å². The minimum atomic E-state index is 0.531. The summed E-state index contributed by atoms with van der Waals surface area (Å²) >= 11 is 6.11. The first-order valence-corrected chi connectivity index (χ1v) is 5.14. The lowest BCUT2D eigenvalue weighted by Crippen LogP contribution is -2.36. The second kappa shape index (κ2) is 2.62. The van der Waals surface area contributed by atoms with Gasteiger partial charge in [0, 0.05) is 22.8 Å². The van der Waals surface area contributed by atoms with E-state index in [0.29, 0.717) is 23.7 Å². The van der Waals surface area contributed by atoms with E-state index in [4.69, 9.17) is 11.6 Å². The zero-order chi connectivity index (χ0) is 8.84. The number of rotatable bonds is 0. The lowest BCUT2D eigenvalue weighted by atomic mass is 9.63. The molecular formula is C12H11Cl. The van der Waals surface area contributed by atoms with Gasteiger partial charge in [0.05, 0.1) is 0 Å². The summed E-state index contributed by atoms with van der Waals surface area (Å²) in [5.41, 5.74) is 0. The number of hydrogen-bond donors (Lipinski definition) is 0. The summed E-state index contributed by atoms with van der Waals surface area (Å²) in [5.74, 6) is 2.33. The summed E-state index contributed by atoms with van der Waals surface area (Å²) in [6, 6.07) is 0. The predicted molar refractivity (Wildman–Crippen MR) is 55.3 cm³/mol. The fourth-order valence-electron chi connectivity index (χ4n) is 2.52. The van der Waals surface area contributed by atoms with Gasteiger partial charge in [-0.05, 0) is 5.92 Å². The first-order chi connectivity index (χ1) is 6.36. The van der Waals surface area contributed by atoms with E-state index < -0.39 is 0 Å². The van der Waals surface area contributed by atoms with E-state index in [1.165, 1.54) is 0 Å². The van der Waals surface area contributed by atoms with Crippen LogP contribution in [0, 0.1) is 23.7 Å². The molecule has 1 heteroatoms. The van der Waals surface area contributed by atoms with Crippen molar-refractivity contribution in [3.63, 3.8) is 0 Å². The highest BCUT2D eigenvalue weighted by atomic mass is 35.5. The van der Waals surface area contributed by atoms with Gasteiger partial charge in [0.1, 0.15) is 0 Å². The van der Waals surface area contributed by atoms with Crippen molar-refractivity contribution in [2.24, 2.45) is 23.7 Å². The van der Waals surface area contributed by atoms with Crippen LogP contribution in [0.25, 0.3) is 0 Å². The monoisotopic (exact) mass is 190 g/mol. The van der Waals surface area contributed by atoms with Crippen LogP contribution in [0.15, 0.2) is 47.6 Å². The standard InChI is InChI=1S/C12H11Cl/c13-11-7-10-8-3-1-2-4-9(6-5-8)12(10)11/h1-10,12H/b3-1+,4-2?/t8-,9+,10-,12-/m1/s1. The van der Waals surface area contributed by atoms with Gasteiger partial charge in [-0.25, -0.2) is 0 Å². The zero-order valence-electron chi connectivity index (χ0n) is 7.23. The van der Waals surface area contributed by atoms with Gasteiger partial charge in [0.2, 0.25) is 0 Å². The Morgan fingerprint density at radius 1 is 0.923 bits per heavy atom. The van der Waals surface area contributed by atoms with Crippen LogP contribution < -0.4 is 0 Å². The molecule has 13 heavy (non-hydrogen) atoms. The molecule has 0 amide bonds. The Morgan fingerprint density at radius 3 is 2.38 bits per heavy atom. The third kappa shape index (κ3) is 0.986. The van der Waals surface area contributed by atoms with Crippen LogP contribution in [0.3, 0.4) is 0 Å². The molecule has 0 aromatic rings. The van der Waals surface area contributed by atoms with Crippen molar-refractivity contribution < 1.29 is 0 Å². The second-order valence-corrected chi connectivity index (χ2v) is 4.40. The molecule has 0 spiro atoms. The van der Waals surface area contributed by atoms with Crippen LogP contribution >= 0.6 is 11.6 Å². The predicted octanol–water partition coefficient (Wildman–Crippen LogP) is 3.28. The Morgan fingerprint density at radius 2 is 1.62 bits per heavy atom. The maximum absolute atomic E-state index is 6.11. The molecule has 3 rings (SSSR count). The topological polar surface area (TPSA) is 0 Å². The lowest BCUT2D eigenvalue weighted by Gasteiger charge is -2.43. The number of hydrogen-bond acceptors (Lipinski definition) is 0. The normalized spacial score (nSPS) is 47.3. The van der Waals surface area contributed by atoms with Crippen molar-refractivity contribution in [1.82, 2.24) is 0 Å². The average molecular weight is 191 g/mol. The molecule has 0 radical (unpaired) electrons. The van der Waals surface area contributed by atoms with Crippen LogP contribution in [0.5, 0.6) is 0 Å². The van der Waals surface area contributed by atoms with Gasteiger partial charge in [-0.3, -0.25) is 0 Å². The minimum absolute atomic E-state index is 0.531. The van der Waals surface area contributed by atoms with Gasteiger partial charge in [-0.1, -0.05) is 54.1 Å². The highest BCUT2D eigenvalue weighted by Crippen LogP contribution is 2.50. The highest BCUT2D eigenvalue weighted by molar-refractivity contribution is 6.30. The van der Waals surface area contributed by atoms with Gasteiger partial charge in [-0.2, -0.15) is 0 Å². The molecule has 0 aromatic carbocycles.